The van der Waals surface area contributed by atoms with Crippen LogP contribution in [0.25, 0.3) is 0 Å². The highest BCUT2D eigenvalue weighted by Crippen LogP contribution is 2.21. The summed E-state index contributed by atoms with van der Waals surface area (Å²) in [6.45, 7) is 1.84. The highest BCUT2D eigenvalue weighted by molar-refractivity contribution is 7.90. The summed E-state index contributed by atoms with van der Waals surface area (Å²) in [6, 6.07) is 7.25. The van der Waals surface area contributed by atoms with Crippen molar-refractivity contribution in [3.8, 4) is 0 Å². The number of rotatable bonds is 2. The molecule has 2 N–H and O–H groups in total. The zero-order valence-corrected chi connectivity index (χ0v) is 10.8. The Labute approximate surface area is 102 Å². The molecule has 0 radical (unpaired) electrons. The van der Waals surface area contributed by atoms with E-state index in [2.05, 4.69) is 4.90 Å². The Kier molecular flexibility index (Phi) is 3.40. The van der Waals surface area contributed by atoms with Crippen LogP contribution in [0.1, 0.15) is 12.8 Å². The molecule has 1 heterocycles. The third-order valence-electron chi connectivity index (χ3n) is 3.09. The van der Waals surface area contributed by atoms with E-state index in [9.17, 15) is 8.42 Å². The molecule has 1 aliphatic heterocycles. The molecule has 0 bridgehead atoms. The van der Waals surface area contributed by atoms with Crippen LogP contribution in [0.5, 0.6) is 0 Å². The zero-order chi connectivity index (χ0) is 12.5. The molecule has 1 saturated heterocycles. The Morgan fingerprint density at radius 1 is 1.29 bits per heavy atom. The second-order valence-electron chi connectivity index (χ2n) is 4.61. The third-order valence-corrected chi connectivity index (χ3v) is 4.22. The first kappa shape index (κ1) is 12.4. The largest absolute Gasteiger partial charge is 0.370 e. The van der Waals surface area contributed by atoms with Crippen LogP contribution in [0.2, 0.25) is 0 Å². The normalized spacial score (nSPS) is 21.5. The molecule has 5 heteroatoms. The minimum absolute atomic E-state index is 0.221. The molecule has 0 amide bonds. The van der Waals surface area contributed by atoms with Gasteiger partial charge in [0.2, 0.25) is 0 Å². The van der Waals surface area contributed by atoms with Gasteiger partial charge < -0.3 is 10.6 Å². The molecule has 0 spiro atoms. The lowest BCUT2D eigenvalue weighted by molar-refractivity contribution is 0.506. The van der Waals surface area contributed by atoms with E-state index in [4.69, 9.17) is 5.73 Å². The summed E-state index contributed by atoms with van der Waals surface area (Å²) in [5.74, 6) is 0. The smallest absolute Gasteiger partial charge is 0.175 e. The SMILES string of the molecule is CS(=O)(=O)c1ccc(N2CCC[C@@H](N)C2)cc1. The lowest BCUT2D eigenvalue weighted by atomic mass is 10.1. The maximum absolute atomic E-state index is 11.3. The molecular weight excluding hydrogens is 236 g/mol. The topological polar surface area (TPSA) is 63.4 Å². The lowest BCUT2D eigenvalue weighted by Crippen LogP contribution is -2.42. The van der Waals surface area contributed by atoms with Gasteiger partial charge in [0.25, 0.3) is 0 Å². The van der Waals surface area contributed by atoms with Gasteiger partial charge in [-0.1, -0.05) is 0 Å². The predicted molar refractivity (Wildman–Crippen MR) is 69.0 cm³/mol. The van der Waals surface area contributed by atoms with E-state index < -0.39 is 9.84 Å². The van der Waals surface area contributed by atoms with Crippen molar-refractivity contribution in [1.29, 1.82) is 0 Å². The number of sulfone groups is 1. The van der Waals surface area contributed by atoms with Crippen molar-refractivity contribution in [3.05, 3.63) is 24.3 Å². The van der Waals surface area contributed by atoms with Crippen molar-refractivity contribution in [2.75, 3.05) is 24.2 Å². The van der Waals surface area contributed by atoms with Gasteiger partial charge in [0, 0.05) is 31.1 Å². The molecule has 1 aromatic rings. The monoisotopic (exact) mass is 254 g/mol. The summed E-state index contributed by atoms with van der Waals surface area (Å²) in [4.78, 5) is 2.57. The fourth-order valence-electron chi connectivity index (χ4n) is 2.15. The van der Waals surface area contributed by atoms with Gasteiger partial charge in [0.1, 0.15) is 0 Å². The van der Waals surface area contributed by atoms with Crippen molar-refractivity contribution in [2.24, 2.45) is 5.73 Å². The van der Waals surface area contributed by atoms with Crippen molar-refractivity contribution in [3.63, 3.8) is 0 Å². The van der Waals surface area contributed by atoms with Gasteiger partial charge in [-0.15, -0.1) is 0 Å². The molecule has 1 fully saturated rings. The van der Waals surface area contributed by atoms with E-state index in [1.807, 2.05) is 12.1 Å². The van der Waals surface area contributed by atoms with Gasteiger partial charge in [0.05, 0.1) is 4.90 Å². The average molecular weight is 254 g/mol. The Bertz CT molecular complexity index is 482. The van der Waals surface area contributed by atoms with Gasteiger partial charge >= 0.3 is 0 Å². The molecule has 1 aromatic carbocycles. The van der Waals surface area contributed by atoms with E-state index in [-0.39, 0.29) is 6.04 Å². The fourth-order valence-corrected chi connectivity index (χ4v) is 2.78. The highest BCUT2D eigenvalue weighted by Gasteiger charge is 2.17. The van der Waals surface area contributed by atoms with Crippen LogP contribution >= 0.6 is 0 Å². The molecule has 94 valence electrons. The molecule has 17 heavy (non-hydrogen) atoms. The van der Waals surface area contributed by atoms with Crippen LogP contribution in [-0.4, -0.2) is 33.8 Å². The van der Waals surface area contributed by atoms with E-state index in [1.165, 1.54) is 6.26 Å². The molecule has 0 aliphatic carbocycles. The van der Waals surface area contributed by atoms with Crippen LogP contribution in [-0.2, 0) is 9.84 Å². The number of nitrogens with zero attached hydrogens (tertiary/aromatic N) is 1. The predicted octanol–water partition coefficient (Wildman–Crippen LogP) is 1.02. The zero-order valence-electron chi connectivity index (χ0n) is 9.96. The van der Waals surface area contributed by atoms with Crippen LogP contribution in [0.4, 0.5) is 5.69 Å². The molecule has 1 atom stereocenters. The van der Waals surface area contributed by atoms with E-state index in [0.29, 0.717) is 4.90 Å². The summed E-state index contributed by atoms with van der Waals surface area (Å²) in [5.41, 5.74) is 6.97. The number of benzene rings is 1. The van der Waals surface area contributed by atoms with Gasteiger partial charge in [-0.05, 0) is 37.1 Å². The van der Waals surface area contributed by atoms with Crippen LogP contribution in [0.3, 0.4) is 0 Å². The maximum Gasteiger partial charge on any atom is 0.175 e. The van der Waals surface area contributed by atoms with Gasteiger partial charge in [-0.25, -0.2) is 8.42 Å². The summed E-state index contributed by atoms with van der Waals surface area (Å²) >= 11 is 0. The number of nitrogens with two attached hydrogens (primary N) is 1. The first-order valence-corrected chi connectivity index (χ1v) is 7.66. The molecule has 4 nitrogen and oxygen atoms in total. The molecule has 0 unspecified atom stereocenters. The second kappa shape index (κ2) is 4.66. The number of hydrogen-bond donors (Lipinski definition) is 1. The maximum atomic E-state index is 11.3. The molecule has 2 rings (SSSR count). The van der Waals surface area contributed by atoms with E-state index in [0.717, 1.165) is 31.6 Å². The van der Waals surface area contributed by atoms with Gasteiger partial charge in [0.15, 0.2) is 9.84 Å². The van der Waals surface area contributed by atoms with Crippen molar-refractivity contribution in [2.45, 2.75) is 23.8 Å². The molecule has 0 saturated carbocycles. The summed E-state index contributed by atoms with van der Waals surface area (Å²) < 4.78 is 22.7. The van der Waals surface area contributed by atoms with Crippen LogP contribution in [0.15, 0.2) is 29.2 Å². The second-order valence-corrected chi connectivity index (χ2v) is 6.63. The fraction of sp³-hybridized carbons (Fsp3) is 0.500. The quantitative estimate of drug-likeness (QED) is 0.856. The summed E-state index contributed by atoms with van der Waals surface area (Å²) in [5, 5.41) is 0. The average Bonchev–Trinajstić information content (AvgIpc) is 2.28. The van der Waals surface area contributed by atoms with Crippen LogP contribution in [0, 0.1) is 0 Å². The lowest BCUT2D eigenvalue weighted by Gasteiger charge is -2.32. The van der Waals surface area contributed by atoms with Crippen LogP contribution < -0.4 is 10.6 Å². The minimum Gasteiger partial charge on any atom is -0.370 e. The minimum atomic E-state index is -3.10. The number of piperidine rings is 1. The summed E-state index contributed by atoms with van der Waals surface area (Å²) in [6.07, 6.45) is 3.38. The number of hydrogen-bond acceptors (Lipinski definition) is 4. The van der Waals surface area contributed by atoms with E-state index >= 15 is 0 Å². The Morgan fingerprint density at radius 2 is 1.94 bits per heavy atom. The molecular formula is C12H18N2O2S. The Hall–Kier alpha value is -1.07. The van der Waals surface area contributed by atoms with Crippen molar-refractivity contribution < 1.29 is 8.42 Å². The molecule has 1 aliphatic rings. The molecule has 0 aromatic heterocycles. The third kappa shape index (κ3) is 2.98. The summed E-state index contributed by atoms with van der Waals surface area (Å²) in [7, 11) is -3.10. The van der Waals surface area contributed by atoms with E-state index in [1.54, 1.807) is 12.1 Å². The Balaban J connectivity index is 2.18. The van der Waals surface area contributed by atoms with Crippen molar-refractivity contribution >= 4 is 15.5 Å². The van der Waals surface area contributed by atoms with Gasteiger partial charge in [-0.2, -0.15) is 0 Å². The highest BCUT2D eigenvalue weighted by atomic mass is 32.2. The van der Waals surface area contributed by atoms with Crippen molar-refractivity contribution in [1.82, 2.24) is 0 Å². The van der Waals surface area contributed by atoms with Gasteiger partial charge in [-0.3, -0.25) is 0 Å². The Morgan fingerprint density at radius 3 is 2.47 bits per heavy atom. The standard InChI is InChI=1S/C12H18N2O2S/c1-17(15,16)12-6-4-11(5-7-12)14-8-2-3-10(13)9-14/h4-7,10H,2-3,8-9,13H2,1H3/t10-/m1/s1. The first-order chi connectivity index (χ1) is 7.97. The number of anilines is 1. The first-order valence-electron chi connectivity index (χ1n) is 5.77.